The summed E-state index contributed by atoms with van der Waals surface area (Å²) >= 11 is 5.67. The third-order valence-electron chi connectivity index (χ3n) is 2.26. The summed E-state index contributed by atoms with van der Waals surface area (Å²) in [6, 6.07) is 6.92. The molecule has 0 aromatic heterocycles. The first kappa shape index (κ1) is 20.6. The summed E-state index contributed by atoms with van der Waals surface area (Å²) < 4.78 is 3.97. The molecule has 0 aliphatic carbocycles. The molecule has 2 unspecified atom stereocenters. The van der Waals surface area contributed by atoms with Crippen LogP contribution in [0.3, 0.4) is 0 Å². The van der Waals surface area contributed by atoms with Crippen molar-refractivity contribution in [2.45, 2.75) is 12.2 Å². The van der Waals surface area contributed by atoms with Gasteiger partial charge in [-0.2, -0.15) is 0 Å². The Morgan fingerprint density at radius 2 is 1.83 bits per heavy atom. The van der Waals surface area contributed by atoms with Gasteiger partial charge in [-0.1, -0.05) is 17.7 Å². The average Bonchev–Trinajstić information content (AvgIpc) is 2.51. The smallest absolute Gasteiger partial charge is 0.338 e. The topological polar surface area (TPSA) is 153 Å². The molecule has 1 aromatic carbocycles. The Balaban J connectivity index is 0.000000423. The first-order valence-electron chi connectivity index (χ1n) is 6.07. The molecule has 0 aliphatic rings. The van der Waals surface area contributed by atoms with Gasteiger partial charge in [-0.3, -0.25) is 4.79 Å². The van der Waals surface area contributed by atoms with Crippen molar-refractivity contribution in [3.05, 3.63) is 29.3 Å². The van der Waals surface area contributed by atoms with Crippen LogP contribution in [-0.4, -0.2) is 64.2 Å². The lowest BCUT2D eigenvalue weighted by Crippen LogP contribution is -2.40. The summed E-state index contributed by atoms with van der Waals surface area (Å²) in [5.41, 5.74) is 0.713. The lowest BCUT2D eigenvalue weighted by Gasteiger charge is -2.10. The zero-order chi connectivity index (χ0) is 18.0. The molecule has 5 N–H and O–H groups in total. The second-order valence-electron chi connectivity index (χ2n) is 4.01. The highest BCUT2D eigenvalue weighted by molar-refractivity contribution is 6.30. The van der Waals surface area contributed by atoms with Gasteiger partial charge in [-0.25, -0.2) is 9.59 Å². The van der Waals surface area contributed by atoms with Crippen LogP contribution in [0.15, 0.2) is 24.3 Å². The molecule has 23 heavy (non-hydrogen) atoms. The zero-order valence-electron chi connectivity index (χ0n) is 12.0. The third-order valence-corrected chi connectivity index (χ3v) is 2.50. The molecule has 128 valence electrons. The van der Waals surface area contributed by atoms with Crippen molar-refractivity contribution < 1.29 is 39.5 Å². The number of aliphatic carboxylic acids is 2. The minimum absolute atomic E-state index is 0.0969. The van der Waals surface area contributed by atoms with E-state index < -0.39 is 30.1 Å². The van der Waals surface area contributed by atoms with Gasteiger partial charge in [0.2, 0.25) is 0 Å². The number of ether oxygens (including phenoxy) is 1. The number of methoxy groups -OCH3 is 1. The number of carboxylic acid groups (broad SMARTS) is 2. The standard InChI is InChI=1S/C8H8ClNO2.C5H8O6/c9-6-2-1-3-7(4-6)10-5-8(11)12;1-11-5(10)3(7)2(6)4(8)9/h1-4,10H,5H2,(H,11,12);2-3,6-7H,1H3,(H,8,9). The van der Waals surface area contributed by atoms with Crippen molar-refractivity contribution in [1.29, 1.82) is 0 Å². The summed E-state index contributed by atoms with van der Waals surface area (Å²) in [4.78, 5) is 30.5. The fourth-order valence-corrected chi connectivity index (χ4v) is 1.35. The highest BCUT2D eigenvalue weighted by Crippen LogP contribution is 2.14. The molecule has 0 amide bonds. The summed E-state index contributed by atoms with van der Waals surface area (Å²) in [6.07, 6.45) is -4.17. The molecule has 0 fully saturated rings. The predicted molar refractivity (Wildman–Crippen MR) is 79.2 cm³/mol. The second kappa shape index (κ2) is 10.4. The van der Waals surface area contributed by atoms with Crippen molar-refractivity contribution >= 4 is 35.2 Å². The lowest BCUT2D eigenvalue weighted by molar-refractivity contribution is -0.167. The van der Waals surface area contributed by atoms with Gasteiger partial charge in [0.1, 0.15) is 6.54 Å². The predicted octanol–water partition coefficient (Wildman–Crippen LogP) is -0.198. The number of aliphatic hydroxyl groups is 2. The van der Waals surface area contributed by atoms with E-state index in [1.165, 1.54) is 0 Å². The minimum Gasteiger partial charge on any atom is -0.480 e. The number of hydrogen-bond acceptors (Lipinski definition) is 7. The molecule has 0 bridgehead atoms. The number of halogens is 1. The quantitative estimate of drug-likeness (QED) is 0.439. The summed E-state index contributed by atoms with van der Waals surface area (Å²) in [7, 11) is 0.972. The Bertz CT molecular complexity index is 551. The molecular weight excluding hydrogens is 334 g/mol. The number of rotatable bonds is 6. The van der Waals surface area contributed by atoms with Crippen LogP contribution in [-0.2, 0) is 19.1 Å². The van der Waals surface area contributed by atoms with E-state index in [2.05, 4.69) is 10.1 Å². The van der Waals surface area contributed by atoms with Crippen LogP contribution >= 0.6 is 11.6 Å². The molecule has 0 radical (unpaired) electrons. The van der Waals surface area contributed by atoms with Crippen LogP contribution in [0.25, 0.3) is 0 Å². The second-order valence-corrected chi connectivity index (χ2v) is 4.45. The number of carbonyl (C=O) groups is 3. The number of carbonyl (C=O) groups excluding carboxylic acids is 1. The van der Waals surface area contributed by atoms with Crippen LogP contribution in [0.2, 0.25) is 5.02 Å². The molecular formula is C13H16ClNO8. The molecule has 9 nitrogen and oxygen atoms in total. The molecule has 0 aliphatic heterocycles. The number of aliphatic hydroxyl groups excluding tert-OH is 2. The van der Waals surface area contributed by atoms with E-state index in [4.69, 9.17) is 32.0 Å². The molecule has 1 aromatic rings. The number of nitrogens with one attached hydrogen (secondary N) is 1. The van der Waals surface area contributed by atoms with Crippen LogP contribution in [0, 0.1) is 0 Å². The average molecular weight is 350 g/mol. The normalized spacial score (nSPS) is 12.2. The number of anilines is 1. The number of benzene rings is 1. The highest BCUT2D eigenvalue weighted by Gasteiger charge is 2.30. The molecule has 2 atom stereocenters. The van der Waals surface area contributed by atoms with E-state index in [-0.39, 0.29) is 6.54 Å². The molecule has 10 heteroatoms. The third kappa shape index (κ3) is 8.61. The maximum absolute atomic E-state index is 10.4. The Morgan fingerprint density at radius 1 is 1.22 bits per heavy atom. The summed E-state index contributed by atoms with van der Waals surface area (Å²) in [6.45, 7) is -0.0969. The Hall–Kier alpha value is -2.36. The zero-order valence-corrected chi connectivity index (χ0v) is 12.7. The van der Waals surface area contributed by atoms with Crippen molar-refractivity contribution in [3.63, 3.8) is 0 Å². The van der Waals surface area contributed by atoms with Gasteiger partial charge in [0.05, 0.1) is 7.11 Å². The van der Waals surface area contributed by atoms with Gasteiger partial charge in [0.15, 0.2) is 12.2 Å². The van der Waals surface area contributed by atoms with E-state index in [0.29, 0.717) is 10.7 Å². The van der Waals surface area contributed by atoms with E-state index in [1.807, 2.05) is 0 Å². The van der Waals surface area contributed by atoms with Gasteiger partial charge in [0, 0.05) is 10.7 Å². The highest BCUT2D eigenvalue weighted by atomic mass is 35.5. The first-order valence-corrected chi connectivity index (χ1v) is 6.44. The molecule has 0 heterocycles. The molecule has 1 rings (SSSR count). The Morgan fingerprint density at radius 3 is 2.26 bits per heavy atom. The van der Waals surface area contributed by atoms with Crippen LogP contribution in [0.4, 0.5) is 5.69 Å². The SMILES string of the molecule is COC(=O)C(O)C(O)C(=O)O.O=C(O)CNc1cccc(Cl)c1. The van der Waals surface area contributed by atoms with E-state index >= 15 is 0 Å². The van der Waals surface area contributed by atoms with Crippen molar-refractivity contribution in [2.75, 3.05) is 19.0 Å². The molecule has 0 saturated carbocycles. The van der Waals surface area contributed by atoms with Crippen LogP contribution < -0.4 is 5.32 Å². The van der Waals surface area contributed by atoms with Gasteiger partial charge in [-0.15, -0.1) is 0 Å². The van der Waals surface area contributed by atoms with E-state index in [9.17, 15) is 14.4 Å². The monoisotopic (exact) mass is 349 g/mol. The van der Waals surface area contributed by atoms with Crippen molar-refractivity contribution in [2.24, 2.45) is 0 Å². The molecule has 0 spiro atoms. The Kier molecular flexibility index (Phi) is 9.31. The fraction of sp³-hybridized carbons (Fsp3) is 0.308. The summed E-state index contributed by atoms with van der Waals surface area (Å²) in [5, 5.41) is 36.9. The fourth-order valence-electron chi connectivity index (χ4n) is 1.16. The van der Waals surface area contributed by atoms with E-state index in [0.717, 1.165) is 7.11 Å². The Labute approximate surface area is 136 Å². The first-order chi connectivity index (χ1) is 10.7. The van der Waals surface area contributed by atoms with Crippen LogP contribution in [0.5, 0.6) is 0 Å². The van der Waals surface area contributed by atoms with Crippen molar-refractivity contribution in [1.82, 2.24) is 0 Å². The molecule has 0 saturated heterocycles. The van der Waals surface area contributed by atoms with Gasteiger partial charge >= 0.3 is 17.9 Å². The van der Waals surface area contributed by atoms with Crippen LogP contribution in [0.1, 0.15) is 0 Å². The van der Waals surface area contributed by atoms with Gasteiger partial charge in [-0.05, 0) is 18.2 Å². The van der Waals surface area contributed by atoms with Gasteiger partial charge in [0.25, 0.3) is 0 Å². The maximum atomic E-state index is 10.4. The minimum atomic E-state index is -2.14. The number of esters is 1. The van der Waals surface area contributed by atoms with Crippen molar-refractivity contribution in [3.8, 4) is 0 Å². The lowest BCUT2D eigenvalue weighted by atomic mass is 10.2. The summed E-state index contributed by atoms with van der Waals surface area (Å²) in [5.74, 6) is -3.75. The largest absolute Gasteiger partial charge is 0.480 e. The number of carboxylic acids is 2. The van der Waals surface area contributed by atoms with E-state index in [1.54, 1.807) is 24.3 Å². The maximum Gasteiger partial charge on any atom is 0.338 e. The van der Waals surface area contributed by atoms with Gasteiger partial charge < -0.3 is 30.5 Å². The number of hydrogen-bond donors (Lipinski definition) is 5.